The molecule has 1 N–H and O–H groups in total. The van der Waals surface area contributed by atoms with Crippen LogP contribution in [0.2, 0.25) is 0 Å². The van der Waals surface area contributed by atoms with Crippen LogP contribution >= 0.6 is 0 Å². The summed E-state index contributed by atoms with van der Waals surface area (Å²) < 4.78 is 5.50. The number of esters is 1. The van der Waals surface area contributed by atoms with Gasteiger partial charge in [-0.25, -0.2) is 4.79 Å². The van der Waals surface area contributed by atoms with Crippen molar-refractivity contribution < 1.29 is 9.53 Å². The van der Waals surface area contributed by atoms with Gasteiger partial charge in [0, 0.05) is 17.0 Å². The number of aryl methyl sites for hydroxylation is 2. The minimum atomic E-state index is -0.356. The molecule has 0 spiro atoms. The van der Waals surface area contributed by atoms with E-state index in [1.807, 2.05) is 56.3 Å². The lowest BCUT2D eigenvalue weighted by Crippen LogP contribution is -2.07. The van der Waals surface area contributed by atoms with Crippen molar-refractivity contribution in [1.29, 1.82) is 5.26 Å². The highest BCUT2D eigenvalue weighted by Crippen LogP contribution is 2.31. The number of H-pyrrole nitrogens is 1. The van der Waals surface area contributed by atoms with Gasteiger partial charge in [0.15, 0.2) is 0 Å². The standard InChI is InChI=1S/C21H18N2O2/c1-14-19(18-10-8-16(12-22)9-11-18)20(15(2)23-14)21(24)25-13-17-6-4-3-5-7-17/h3-11,23H,13H2,1-2H3. The van der Waals surface area contributed by atoms with Crippen molar-refractivity contribution in [3.63, 3.8) is 0 Å². The molecular weight excluding hydrogens is 312 g/mol. The molecule has 0 saturated heterocycles. The summed E-state index contributed by atoms with van der Waals surface area (Å²) in [5.41, 5.74) is 5.44. The van der Waals surface area contributed by atoms with Gasteiger partial charge < -0.3 is 9.72 Å². The molecule has 3 aromatic rings. The second-order valence-electron chi connectivity index (χ2n) is 5.88. The van der Waals surface area contributed by atoms with Crippen molar-refractivity contribution in [2.45, 2.75) is 20.5 Å². The van der Waals surface area contributed by atoms with E-state index < -0.39 is 0 Å². The predicted molar refractivity (Wildman–Crippen MR) is 96.0 cm³/mol. The fourth-order valence-electron chi connectivity index (χ4n) is 2.90. The van der Waals surface area contributed by atoms with E-state index >= 15 is 0 Å². The van der Waals surface area contributed by atoms with Crippen molar-refractivity contribution in [1.82, 2.24) is 4.98 Å². The van der Waals surface area contributed by atoms with Crippen molar-refractivity contribution >= 4 is 5.97 Å². The summed E-state index contributed by atoms with van der Waals surface area (Å²) in [5.74, 6) is -0.356. The van der Waals surface area contributed by atoms with Crippen molar-refractivity contribution in [2.24, 2.45) is 0 Å². The van der Waals surface area contributed by atoms with Crippen LogP contribution < -0.4 is 0 Å². The van der Waals surface area contributed by atoms with E-state index in [2.05, 4.69) is 11.1 Å². The van der Waals surface area contributed by atoms with E-state index in [1.54, 1.807) is 12.1 Å². The smallest absolute Gasteiger partial charge is 0.340 e. The van der Waals surface area contributed by atoms with Gasteiger partial charge in [-0.1, -0.05) is 42.5 Å². The van der Waals surface area contributed by atoms with Gasteiger partial charge in [-0.3, -0.25) is 0 Å². The molecular formula is C21H18N2O2. The maximum Gasteiger partial charge on any atom is 0.340 e. The molecule has 0 radical (unpaired) electrons. The summed E-state index contributed by atoms with van der Waals surface area (Å²) in [6.45, 7) is 4.02. The predicted octanol–water partition coefficient (Wildman–Crippen LogP) is 4.53. The first-order valence-electron chi connectivity index (χ1n) is 8.01. The van der Waals surface area contributed by atoms with E-state index in [4.69, 9.17) is 10.00 Å². The quantitative estimate of drug-likeness (QED) is 0.715. The zero-order valence-electron chi connectivity index (χ0n) is 14.2. The van der Waals surface area contributed by atoms with Crippen LogP contribution in [0.25, 0.3) is 11.1 Å². The maximum atomic E-state index is 12.7. The Morgan fingerprint density at radius 3 is 2.36 bits per heavy atom. The van der Waals surface area contributed by atoms with Gasteiger partial charge in [-0.05, 0) is 37.1 Å². The first-order valence-corrected chi connectivity index (χ1v) is 8.01. The van der Waals surface area contributed by atoms with Crippen LogP contribution in [0.1, 0.15) is 32.9 Å². The van der Waals surface area contributed by atoms with Crippen LogP contribution in [0, 0.1) is 25.2 Å². The van der Waals surface area contributed by atoms with E-state index in [1.165, 1.54) is 0 Å². The number of ether oxygens (including phenoxy) is 1. The third-order valence-corrected chi connectivity index (χ3v) is 4.09. The summed E-state index contributed by atoms with van der Waals surface area (Å²) in [7, 11) is 0. The number of nitrogens with zero attached hydrogens (tertiary/aromatic N) is 1. The average Bonchev–Trinajstić information content (AvgIpc) is 2.94. The number of rotatable bonds is 4. The van der Waals surface area contributed by atoms with Crippen LogP contribution in [-0.4, -0.2) is 11.0 Å². The van der Waals surface area contributed by atoms with Crippen LogP contribution in [0.3, 0.4) is 0 Å². The molecule has 0 bridgehead atoms. The third-order valence-electron chi connectivity index (χ3n) is 4.09. The fraction of sp³-hybridized carbons (Fsp3) is 0.143. The van der Waals surface area contributed by atoms with E-state index in [0.717, 1.165) is 28.1 Å². The number of aromatic nitrogens is 1. The van der Waals surface area contributed by atoms with Crippen LogP contribution in [-0.2, 0) is 11.3 Å². The first-order chi connectivity index (χ1) is 12.1. The number of hydrogen-bond acceptors (Lipinski definition) is 3. The molecule has 124 valence electrons. The molecule has 0 aliphatic heterocycles. The summed E-state index contributed by atoms with van der Waals surface area (Å²) in [6, 6.07) is 18.9. The largest absolute Gasteiger partial charge is 0.457 e. The summed E-state index contributed by atoms with van der Waals surface area (Å²) in [6.07, 6.45) is 0. The highest BCUT2D eigenvalue weighted by atomic mass is 16.5. The van der Waals surface area contributed by atoms with Gasteiger partial charge in [0.1, 0.15) is 6.61 Å². The maximum absolute atomic E-state index is 12.7. The van der Waals surface area contributed by atoms with Gasteiger partial charge >= 0.3 is 5.97 Å². The van der Waals surface area contributed by atoms with E-state index in [0.29, 0.717) is 11.1 Å². The van der Waals surface area contributed by atoms with Gasteiger partial charge in [-0.15, -0.1) is 0 Å². The molecule has 1 aromatic heterocycles. The lowest BCUT2D eigenvalue weighted by Gasteiger charge is -2.08. The molecule has 0 unspecified atom stereocenters. The zero-order valence-corrected chi connectivity index (χ0v) is 14.2. The van der Waals surface area contributed by atoms with Crippen LogP contribution in [0.15, 0.2) is 54.6 Å². The van der Waals surface area contributed by atoms with Crippen molar-refractivity contribution in [3.05, 3.63) is 82.7 Å². The Morgan fingerprint density at radius 1 is 1.04 bits per heavy atom. The topological polar surface area (TPSA) is 65.9 Å². The van der Waals surface area contributed by atoms with E-state index in [9.17, 15) is 4.79 Å². The minimum Gasteiger partial charge on any atom is -0.457 e. The van der Waals surface area contributed by atoms with Crippen molar-refractivity contribution in [2.75, 3.05) is 0 Å². The molecule has 4 nitrogen and oxygen atoms in total. The third kappa shape index (κ3) is 3.46. The van der Waals surface area contributed by atoms with Crippen LogP contribution in [0.4, 0.5) is 0 Å². The minimum absolute atomic E-state index is 0.232. The average molecular weight is 330 g/mol. The van der Waals surface area contributed by atoms with Crippen molar-refractivity contribution in [3.8, 4) is 17.2 Å². The Morgan fingerprint density at radius 2 is 1.72 bits per heavy atom. The monoisotopic (exact) mass is 330 g/mol. The molecule has 0 saturated carbocycles. The number of carbonyl (C=O) groups excluding carboxylic acids is 1. The molecule has 25 heavy (non-hydrogen) atoms. The van der Waals surface area contributed by atoms with E-state index in [-0.39, 0.29) is 12.6 Å². The van der Waals surface area contributed by atoms with Crippen LogP contribution in [0.5, 0.6) is 0 Å². The number of benzene rings is 2. The number of hydrogen-bond donors (Lipinski definition) is 1. The Bertz CT molecular complexity index is 933. The highest BCUT2D eigenvalue weighted by molar-refractivity contribution is 5.99. The summed E-state index contributed by atoms with van der Waals surface area (Å²) in [5, 5.41) is 8.95. The van der Waals surface area contributed by atoms with Gasteiger partial charge in [0.05, 0.1) is 17.2 Å². The molecule has 1 heterocycles. The summed E-state index contributed by atoms with van der Waals surface area (Å²) in [4.78, 5) is 15.9. The van der Waals surface area contributed by atoms with Gasteiger partial charge in [0.2, 0.25) is 0 Å². The van der Waals surface area contributed by atoms with Gasteiger partial charge in [0.25, 0.3) is 0 Å². The molecule has 0 aliphatic rings. The Hall–Kier alpha value is -3.32. The Labute approximate surface area is 146 Å². The number of nitrogens with one attached hydrogen (secondary N) is 1. The number of carbonyl (C=O) groups is 1. The molecule has 0 fully saturated rings. The molecule has 4 heteroatoms. The molecule has 0 amide bonds. The lowest BCUT2D eigenvalue weighted by molar-refractivity contribution is 0.0473. The van der Waals surface area contributed by atoms with Gasteiger partial charge in [-0.2, -0.15) is 5.26 Å². The SMILES string of the molecule is Cc1[nH]c(C)c(-c2ccc(C#N)cc2)c1C(=O)OCc1ccccc1. The normalized spacial score (nSPS) is 10.3. The molecule has 3 rings (SSSR count). The Kier molecular flexibility index (Phi) is 4.67. The highest BCUT2D eigenvalue weighted by Gasteiger charge is 2.21. The fourth-order valence-corrected chi connectivity index (χ4v) is 2.90. The molecule has 2 aromatic carbocycles. The second kappa shape index (κ2) is 7.06. The number of nitriles is 1. The lowest BCUT2D eigenvalue weighted by atomic mass is 9.99. The second-order valence-corrected chi connectivity index (χ2v) is 5.88. The Balaban J connectivity index is 1.90. The number of aromatic amines is 1. The zero-order chi connectivity index (χ0) is 17.8. The molecule has 0 atom stereocenters. The molecule has 0 aliphatic carbocycles. The summed E-state index contributed by atoms with van der Waals surface area (Å²) >= 11 is 0. The first kappa shape index (κ1) is 16.5.